The predicted molar refractivity (Wildman–Crippen MR) is 75.3 cm³/mol. The minimum absolute atomic E-state index is 0.0436. The molecule has 0 spiro atoms. The Morgan fingerprint density at radius 1 is 1.22 bits per heavy atom. The topological polar surface area (TPSA) is 49.2 Å². The minimum atomic E-state index is -0.231. The normalized spacial score (nSPS) is 25.2. The molecular weight excluding hydrogens is 246 g/mol. The van der Waals surface area contributed by atoms with Gasteiger partial charge in [0.05, 0.1) is 12.1 Å². The van der Waals surface area contributed by atoms with Crippen molar-refractivity contribution in [3.63, 3.8) is 0 Å². The first kappa shape index (κ1) is 13.7. The molecule has 1 fully saturated rings. The van der Waals surface area contributed by atoms with E-state index < -0.39 is 0 Å². The van der Waals surface area contributed by atoms with Gasteiger partial charge in [0, 0.05) is 12.5 Å². The lowest BCUT2D eigenvalue weighted by Gasteiger charge is -2.34. The third-order valence-corrected chi connectivity index (χ3v) is 4.99. The quantitative estimate of drug-likeness (QED) is 0.896. The van der Waals surface area contributed by atoms with E-state index in [4.69, 9.17) is 0 Å². The first-order chi connectivity index (χ1) is 8.39. The molecule has 1 aromatic rings. The van der Waals surface area contributed by atoms with Gasteiger partial charge in [0.15, 0.2) is 0 Å². The molecule has 18 heavy (non-hydrogen) atoms. The minimum Gasteiger partial charge on any atom is -0.391 e. The summed E-state index contributed by atoms with van der Waals surface area (Å²) in [6.07, 6.45) is 4.04. The maximum absolute atomic E-state index is 10.1. The van der Waals surface area contributed by atoms with Gasteiger partial charge in [0.1, 0.15) is 5.01 Å². The average molecular weight is 269 g/mol. The second-order valence-electron chi connectivity index (χ2n) is 6.17. The molecule has 2 rings (SSSR count). The van der Waals surface area contributed by atoms with Gasteiger partial charge < -0.3 is 10.0 Å². The van der Waals surface area contributed by atoms with E-state index in [0.717, 1.165) is 29.4 Å². The summed E-state index contributed by atoms with van der Waals surface area (Å²) in [5.74, 6) is 0. The maximum Gasteiger partial charge on any atom is 0.208 e. The van der Waals surface area contributed by atoms with Crippen LogP contribution in [0.3, 0.4) is 0 Å². The Morgan fingerprint density at radius 2 is 1.89 bits per heavy atom. The van der Waals surface area contributed by atoms with E-state index in [2.05, 4.69) is 35.9 Å². The van der Waals surface area contributed by atoms with Gasteiger partial charge in [-0.1, -0.05) is 44.9 Å². The molecule has 0 bridgehead atoms. The van der Waals surface area contributed by atoms with Gasteiger partial charge in [-0.3, -0.25) is 0 Å². The lowest BCUT2D eigenvalue weighted by Crippen LogP contribution is -2.43. The third-order valence-electron chi connectivity index (χ3n) is 3.55. The average Bonchev–Trinajstić information content (AvgIpc) is 2.77. The number of rotatable bonds is 2. The first-order valence-corrected chi connectivity index (χ1v) is 7.46. The molecule has 1 heterocycles. The van der Waals surface area contributed by atoms with Crippen LogP contribution in [0.1, 0.15) is 51.5 Å². The number of anilines is 1. The van der Waals surface area contributed by atoms with Gasteiger partial charge in [0.25, 0.3) is 0 Å². The molecule has 0 saturated heterocycles. The second-order valence-corrected chi connectivity index (χ2v) is 7.13. The lowest BCUT2D eigenvalue weighted by molar-refractivity contribution is 0.106. The van der Waals surface area contributed by atoms with Crippen LogP contribution in [-0.2, 0) is 5.41 Å². The zero-order valence-corrected chi connectivity index (χ0v) is 12.5. The van der Waals surface area contributed by atoms with Gasteiger partial charge in [-0.25, -0.2) is 0 Å². The van der Waals surface area contributed by atoms with Crippen molar-refractivity contribution < 1.29 is 5.11 Å². The van der Waals surface area contributed by atoms with Gasteiger partial charge in [-0.2, -0.15) is 0 Å². The highest BCUT2D eigenvalue weighted by molar-refractivity contribution is 7.15. The standard InChI is InChI=1S/C13H23N3OS/c1-13(2,3)11-14-15-12(18-11)16(4)9-7-5-6-8-10(9)17/h9-10,17H,5-8H2,1-4H3/t9-,10-/m1/s1. The summed E-state index contributed by atoms with van der Waals surface area (Å²) in [7, 11) is 2.02. The molecule has 0 aliphatic heterocycles. The first-order valence-electron chi connectivity index (χ1n) is 6.64. The van der Waals surface area contributed by atoms with Crippen LogP contribution in [0.5, 0.6) is 0 Å². The lowest BCUT2D eigenvalue weighted by atomic mass is 9.92. The number of likely N-dealkylation sites (N-methyl/N-ethyl adjacent to an activating group) is 1. The summed E-state index contributed by atoms with van der Waals surface area (Å²) in [5, 5.41) is 20.6. The highest BCUT2D eigenvalue weighted by Gasteiger charge is 2.29. The van der Waals surface area contributed by atoms with Crippen molar-refractivity contribution in [1.29, 1.82) is 0 Å². The van der Waals surface area contributed by atoms with Crippen molar-refractivity contribution in [2.24, 2.45) is 0 Å². The van der Waals surface area contributed by atoms with E-state index in [9.17, 15) is 5.11 Å². The van der Waals surface area contributed by atoms with Gasteiger partial charge in [-0.05, 0) is 12.8 Å². The summed E-state index contributed by atoms with van der Waals surface area (Å²) in [4.78, 5) is 2.11. The number of hydrogen-bond donors (Lipinski definition) is 1. The predicted octanol–water partition coefficient (Wildman–Crippen LogP) is 2.58. The van der Waals surface area contributed by atoms with Crippen LogP contribution in [0.25, 0.3) is 0 Å². The van der Waals surface area contributed by atoms with Crippen LogP contribution in [0.15, 0.2) is 0 Å². The summed E-state index contributed by atoms with van der Waals surface area (Å²) in [6.45, 7) is 6.44. The molecule has 0 aromatic carbocycles. The van der Waals surface area contributed by atoms with Crippen molar-refractivity contribution in [2.45, 2.75) is 64.0 Å². The third kappa shape index (κ3) is 2.83. The second kappa shape index (κ2) is 5.13. The Bertz CT molecular complexity index is 399. The monoisotopic (exact) mass is 269 g/mol. The van der Waals surface area contributed by atoms with E-state index >= 15 is 0 Å². The zero-order chi connectivity index (χ0) is 13.3. The fourth-order valence-corrected chi connectivity index (χ4v) is 3.27. The fourth-order valence-electron chi connectivity index (χ4n) is 2.35. The van der Waals surface area contributed by atoms with Crippen molar-refractivity contribution in [1.82, 2.24) is 10.2 Å². The van der Waals surface area contributed by atoms with E-state index in [0.29, 0.717) is 0 Å². The summed E-state index contributed by atoms with van der Waals surface area (Å²) < 4.78 is 0. The number of nitrogens with zero attached hydrogens (tertiary/aromatic N) is 3. The van der Waals surface area contributed by atoms with E-state index in [1.165, 1.54) is 6.42 Å². The van der Waals surface area contributed by atoms with Crippen molar-refractivity contribution in [3.05, 3.63) is 5.01 Å². The Morgan fingerprint density at radius 3 is 2.44 bits per heavy atom. The van der Waals surface area contributed by atoms with Gasteiger partial charge in [0.2, 0.25) is 5.13 Å². The highest BCUT2D eigenvalue weighted by Crippen LogP contribution is 2.32. The maximum atomic E-state index is 10.1. The molecule has 5 heteroatoms. The molecule has 1 saturated carbocycles. The SMILES string of the molecule is CN(c1nnc(C(C)(C)C)s1)[C@@H]1CCCC[C@H]1O. The van der Waals surface area contributed by atoms with E-state index in [1.807, 2.05) is 7.05 Å². The van der Waals surface area contributed by atoms with Crippen molar-refractivity contribution in [2.75, 3.05) is 11.9 Å². The van der Waals surface area contributed by atoms with Crippen LogP contribution in [0, 0.1) is 0 Å². The Hall–Kier alpha value is -0.680. The largest absolute Gasteiger partial charge is 0.391 e. The van der Waals surface area contributed by atoms with E-state index in [1.54, 1.807) is 11.3 Å². The Labute approximate surface area is 113 Å². The molecule has 4 nitrogen and oxygen atoms in total. The summed E-state index contributed by atoms with van der Waals surface area (Å²) in [5.41, 5.74) is 0.0436. The molecule has 0 radical (unpaired) electrons. The molecule has 102 valence electrons. The molecular formula is C13H23N3OS. The smallest absolute Gasteiger partial charge is 0.208 e. The number of hydrogen-bond acceptors (Lipinski definition) is 5. The van der Waals surface area contributed by atoms with Crippen LogP contribution in [0.4, 0.5) is 5.13 Å². The molecule has 1 aromatic heterocycles. The fraction of sp³-hybridized carbons (Fsp3) is 0.846. The molecule has 1 aliphatic carbocycles. The van der Waals surface area contributed by atoms with E-state index in [-0.39, 0.29) is 17.6 Å². The van der Waals surface area contributed by atoms with Crippen LogP contribution in [0.2, 0.25) is 0 Å². The summed E-state index contributed by atoms with van der Waals surface area (Å²) in [6, 6.07) is 0.194. The number of aromatic nitrogens is 2. The molecule has 2 atom stereocenters. The molecule has 0 amide bonds. The molecule has 1 N–H and O–H groups in total. The van der Waals surface area contributed by atoms with Crippen LogP contribution < -0.4 is 4.90 Å². The van der Waals surface area contributed by atoms with Gasteiger partial charge in [-0.15, -0.1) is 10.2 Å². The molecule has 1 aliphatic rings. The zero-order valence-electron chi connectivity index (χ0n) is 11.7. The number of aliphatic hydroxyl groups excluding tert-OH is 1. The summed E-state index contributed by atoms with van der Waals surface area (Å²) >= 11 is 1.64. The van der Waals surface area contributed by atoms with Crippen molar-refractivity contribution >= 4 is 16.5 Å². The van der Waals surface area contributed by atoms with Crippen molar-refractivity contribution in [3.8, 4) is 0 Å². The van der Waals surface area contributed by atoms with Crippen LogP contribution >= 0.6 is 11.3 Å². The Kier molecular flexibility index (Phi) is 3.92. The van der Waals surface area contributed by atoms with Gasteiger partial charge >= 0.3 is 0 Å². The van der Waals surface area contributed by atoms with Crippen LogP contribution in [-0.4, -0.2) is 34.5 Å². The molecule has 0 unspecified atom stereocenters. The highest BCUT2D eigenvalue weighted by atomic mass is 32.1. The Balaban J connectivity index is 2.13. The number of aliphatic hydroxyl groups is 1.